The fourth-order valence-corrected chi connectivity index (χ4v) is 1.45. The van der Waals surface area contributed by atoms with Gasteiger partial charge in [-0.05, 0) is 25.1 Å². The number of aromatic carboxylic acids is 1. The van der Waals surface area contributed by atoms with Crippen molar-refractivity contribution >= 4 is 24.2 Å². The van der Waals surface area contributed by atoms with E-state index in [0.29, 0.717) is 6.29 Å². The highest BCUT2D eigenvalue weighted by atomic mass is 16.6. The topological polar surface area (TPSA) is 107 Å². The molecule has 0 aromatic heterocycles. The van der Waals surface area contributed by atoms with Crippen LogP contribution in [0.1, 0.15) is 38.0 Å². The zero-order chi connectivity index (χ0) is 16.7. The van der Waals surface area contributed by atoms with Gasteiger partial charge in [0.05, 0.1) is 11.1 Å². The molecule has 0 aliphatic rings. The van der Waals surface area contributed by atoms with Gasteiger partial charge < -0.3 is 14.6 Å². The van der Waals surface area contributed by atoms with E-state index >= 15 is 0 Å². The molecule has 0 spiro atoms. The zero-order valence-electron chi connectivity index (χ0n) is 11.8. The summed E-state index contributed by atoms with van der Waals surface area (Å²) in [7, 11) is 0. The lowest BCUT2D eigenvalue weighted by atomic mass is 10.0. The Bertz CT molecular complexity index is 631. The molecule has 1 N–H and O–H groups in total. The van der Waals surface area contributed by atoms with E-state index in [0.717, 1.165) is 6.07 Å². The van der Waals surface area contributed by atoms with Crippen LogP contribution in [-0.4, -0.2) is 42.5 Å². The third-order valence-corrected chi connectivity index (χ3v) is 2.54. The van der Waals surface area contributed by atoms with Crippen molar-refractivity contribution in [2.24, 2.45) is 0 Å². The van der Waals surface area contributed by atoms with E-state index in [9.17, 15) is 19.2 Å². The quantitative estimate of drug-likeness (QED) is 0.352. The van der Waals surface area contributed by atoms with Gasteiger partial charge in [-0.3, -0.25) is 4.79 Å². The molecule has 0 amide bonds. The van der Waals surface area contributed by atoms with Gasteiger partial charge in [0.25, 0.3) is 0 Å². The molecule has 22 heavy (non-hydrogen) atoms. The van der Waals surface area contributed by atoms with Crippen LogP contribution in [-0.2, 0) is 14.3 Å². The van der Waals surface area contributed by atoms with Crippen molar-refractivity contribution in [2.75, 3.05) is 13.2 Å². The number of carbonyl (C=O) groups excluding carboxylic acids is 3. The van der Waals surface area contributed by atoms with Crippen molar-refractivity contribution in [1.29, 1.82) is 0 Å². The number of carbonyl (C=O) groups is 4. The van der Waals surface area contributed by atoms with Crippen LogP contribution in [0, 0.1) is 0 Å². The van der Waals surface area contributed by atoms with Gasteiger partial charge in [0.2, 0.25) is 0 Å². The van der Waals surface area contributed by atoms with Gasteiger partial charge in [-0.15, -0.1) is 0 Å². The molecular weight excluding hydrogens is 292 g/mol. The highest BCUT2D eigenvalue weighted by Gasteiger charge is 2.15. The second-order valence-electron chi connectivity index (χ2n) is 4.28. The number of carboxylic acids is 1. The smallest absolute Gasteiger partial charge is 0.338 e. The van der Waals surface area contributed by atoms with Gasteiger partial charge in [-0.25, -0.2) is 14.4 Å². The van der Waals surface area contributed by atoms with Crippen LogP contribution in [0.4, 0.5) is 0 Å². The number of ether oxygens (including phenoxy) is 2. The van der Waals surface area contributed by atoms with Crippen LogP contribution in [0.5, 0.6) is 0 Å². The van der Waals surface area contributed by atoms with E-state index in [4.69, 9.17) is 14.6 Å². The van der Waals surface area contributed by atoms with Gasteiger partial charge in [-0.2, -0.15) is 0 Å². The van der Waals surface area contributed by atoms with Gasteiger partial charge in [-0.1, -0.05) is 6.58 Å². The van der Waals surface area contributed by atoms with Gasteiger partial charge in [0, 0.05) is 11.1 Å². The van der Waals surface area contributed by atoms with Crippen LogP contribution in [0.3, 0.4) is 0 Å². The largest absolute Gasteiger partial charge is 0.478 e. The average Bonchev–Trinajstić information content (AvgIpc) is 2.50. The molecule has 116 valence electrons. The van der Waals surface area contributed by atoms with Crippen LogP contribution < -0.4 is 0 Å². The average molecular weight is 306 g/mol. The molecule has 0 heterocycles. The Balaban J connectivity index is 2.65. The number of benzene rings is 1. The summed E-state index contributed by atoms with van der Waals surface area (Å²) in [5, 5.41) is 8.95. The third-order valence-electron chi connectivity index (χ3n) is 2.54. The lowest BCUT2D eigenvalue weighted by molar-refractivity contribution is -0.140. The molecule has 0 aliphatic heterocycles. The number of rotatable bonds is 7. The number of esters is 2. The van der Waals surface area contributed by atoms with Crippen molar-refractivity contribution in [1.82, 2.24) is 0 Å². The van der Waals surface area contributed by atoms with Crippen LogP contribution >= 0.6 is 0 Å². The molecule has 7 heteroatoms. The Hall–Kier alpha value is -2.96. The molecule has 0 saturated heterocycles. The second-order valence-corrected chi connectivity index (χ2v) is 4.28. The summed E-state index contributed by atoms with van der Waals surface area (Å²) in [6, 6.07) is 3.54. The summed E-state index contributed by atoms with van der Waals surface area (Å²) in [5.74, 6) is -2.71. The Morgan fingerprint density at radius 1 is 1.23 bits per heavy atom. The zero-order valence-corrected chi connectivity index (χ0v) is 11.8. The van der Waals surface area contributed by atoms with Crippen molar-refractivity contribution < 1.29 is 33.8 Å². The molecule has 7 nitrogen and oxygen atoms in total. The van der Waals surface area contributed by atoms with E-state index in [2.05, 4.69) is 6.58 Å². The minimum atomic E-state index is -1.33. The SMILES string of the molecule is C=C(C)C(=O)OCCOC(=O)c1ccc(C=O)c(C(=O)O)c1. The van der Waals surface area contributed by atoms with Gasteiger partial charge >= 0.3 is 17.9 Å². The first-order valence-electron chi connectivity index (χ1n) is 6.19. The van der Waals surface area contributed by atoms with Crippen LogP contribution in [0.25, 0.3) is 0 Å². The Labute approximate surface area is 126 Å². The fourth-order valence-electron chi connectivity index (χ4n) is 1.45. The summed E-state index contributed by atoms with van der Waals surface area (Å²) in [4.78, 5) is 44.5. The Kier molecular flexibility index (Phi) is 6.00. The number of aldehydes is 1. The normalized spacial score (nSPS) is 9.68. The highest BCUT2D eigenvalue weighted by Crippen LogP contribution is 2.12. The van der Waals surface area contributed by atoms with Crippen molar-refractivity contribution in [2.45, 2.75) is 6.92 Å². The summed E-state index contributed by atoms with van der Waals surface area (Å²) < 4.78 is 9.57. The number of hydrogen-bond acceptors (Lipinski definition) is 6. The maximum Gasteiger partial charge on any atom is 0.338 e. The van der Waals surface area contributed by atoms with Crippen molar-refractivity contribution in [3.05, 3.63) is 47.0 Å². The summed E-state index contributed by atoms with van der Waals surface area (Å²) in [6.45, 7) is 4.55. The van der Waals surface area contributed by atoms with Gasteiger partial charge in [0.15, 0.2) is 6.29 Å². The molecule has 1 aromatic rings. The molecule has 0 saturated carbocycles. The first kappa shape index (κ1) is 17.1. The van der Waals surface area contributed by atoms with E-state index in [1.165, 1.54) is 19.1 Å². The molecule has 0 fully saturated rings. The Morgan fingerprint density at radius 3 is 2.41 bits per heavy atom. The summed E-state index contributed by atoms with van der Waals surface area (Å²) in [6.07, 6.45) is 0.385. The van der Waals surface area contributed by atoms with Gasteiger partial charge in [0.1, 0.15) is 13.2 Å². The van der Waals surface area contributed by atoms with Crippen LogP contribution in [0.15, 0.2) is 30.4 Å². The molecule has 0 radical (unpaired) electrons. The monoisotopic (exact) mass is 306 g/mol. The predicted octanol–water partition coefficient (Wildman–Crippen LogP) is 1.47. The van der Waals surface area contributed by atoms with Crippen LogP contribution in [0.2, 0.25) is 0 Å². The lowest BCUT2D eigenvalue weighted by Gasteiger charge is -2.07. The van der Waals surface area contributed by atoms with Crippen molar-refractivity contribution in [3.8, 4) is 0 Å². The second kappa shape index (κ2) is 7.72. The number of carboxylic acid groups (broad SMARTS) is 1. The minimum absolute atomic E-state index is 0.0192. The molecule has 1 aromatic carbocycles. The van der Waals surface area contributed by atoms with E-state index in [-0.39, 0.29) is 35.5 Å². The predicted molar refractivity (Wildman–Crippen MR) is 74.8 cm³/mol. The minimum Gasteiger partial charge on any atom is -0.478 e. The fraction of sp³-hybridized carbons (Fsp3) is 0.200. The maximum atomic E-state index is 11.7. The van der Waals surface area contributed by atoms with E-state index in [1.807, 2.05) is 0 Å². The lowest BCUT2D eigenvalue weighted by Crippen LogP contribution is -2.15. The molecule has 0 aliphatic carbocycles. The third kappa shape index (κ3) is 4.55. The summed E-state index contributed by atoms with van der Waals surface area (Å²) >= 11 is 0. The van der Waals surface area contributed by atoms with Crippen molar-refractivity contribution in [3.63, 3.8) is 0 Å². The standard InChI is InChI=1S/C15H14O7/c1-9(2)14(19)21-5-6-22-15(20)10-3-4-11(8-16)12(7-10)13(17)18/h3-4,7-8H,1,5-6H2,2H3,(H,17,18). The number of hydrogen-bond donors (Lipinski definition) is 1. The first-order chi connectivity index (χ1) is 10.4. The maximum absolute atomic E-state index is 11.7. The first-order valence-corrected chi connectivity index (χ1v) is 6.19. The molecule has 0 bridgehead atoms. The molecule has 0 unspecified atom stereocenters. The van der Waals surface area contributed by atoms with E-state index < -0.39 is 17.9 Å². The molecule has 1 rings (SSSR count). The Morgan fingerprint density at radius 2 is 1.86 bits per heavy atom. The molecular formula is C15H14O7. The highest BCUT2D eigenvalue weighted by molar-refractivity contribution is 6.00. The van der Waals surface area contributed by atoms with E-state index in [1.54, 1.807) is 0 Å². The molecule has 0 atom stereocenters. The summed E-state index contributed by atoms with van der Waals surface area (Å²) in [5.41, 5.74) is -0.131.